The second kappa shape index (κ2) is 6.83. The maximum Gasteiger partial charge on any atom is 0.433 e. The number of rotatable bonds is 2. The van der Waals surface area contributed by atoms with Crippen molar-refractivity contribution in [1.82, 2.24) is 19.5 Å². The van der Waals surface area contributed by atoms with Crippen LogP contribution in [-0.2, 0) is 6.18 Å². The van der Waals surface area contributed by atoms with Crippen molar-refractivity contribution >= 4 is 22.3 Å². The SMILES string of the molecule is O=C(c1cnn2c(C(F)(F)F)cc(-c3cccc4ccccc34)nc12)N1CCCC1. The van der Waals surface area contributed by atoms with Gasteiger partial charge in [-0.05, 0) is 29.7 Å². The van der Waals surface area contributed by atoms with E-state index >= 15 is 0 Å². The summed E-state index contributed by atoms with van der Waals surface area (Å²) in [4.78, 5) is 19.0. The molecule has 0 bridgehead atoms. The molecule has 3 heterocycles. The molecule has 2 aromatic carbocycles. The van der Waals surface area contributed by atoms with Crippen molar-refractivity contribution in [2.45, 2.75) is 19.0 Å². The van der Waals surface area contributed by atoms with Crippen LogP contribution in [-0.4, -0.2) is 38.5 Å². The number of likely N-dealkylation sites (tertiary alicyclic amines) is 1. The van der Waals surface area contributed by atoms with Gasteiger partial charge in [-0.1, -0.05) is 42.5 Å². The van der Waals surface area contributed by atoms with Crippen LogP contribution in [0.5, 0.6) is 0 Å². The maximum atomic E-state index is 13.9. The Bertz CT molecular complexity index is 1270. The molecule has 5 rings (SSSR count). The second-order valence-electron chi connectivity index (χ2n) is 7.34. The zero-order chi connectivity index (χ0) is 20.9. The summed E-state index contributed by atoms with van der Waals surface area (Å²) in [7, 11) is 0. The predicted molar refractivity (Wildman–Crippen MR) is 106 cm³/mol. The molecule has 0 N–H and O–H groups in total. The second-order valence-corrected chi connectivity index (χ2v) is 7.34. The van der Waals surface area contributed by atoms with E-state index in [1.54, 1.807) is 17.0 Å². The normalized spacial score (nSPS) is 14.7. The number of carbonyl (C=O) groups excluding carboxylic acids is 1. The molecule has 2 aromatic heterocycles. The van der Waals surface area contributed by atoms with Gasteiger partial charge >= 0.3 is 6.18 Å². The molecule has 0 saturated carbocycles. The molecular weight excluding hydrogens is 393 g/mol. The number of fused-ring (bicyclic) bond motifs is 2. The van der Waals surface area contributed by atoms with Crippen LogP contribution in [0.15, 0.2) is 54.7 Å². The number of amides is 1. The summed E-state index contributed by atoms with van der Waals surface area (Å²) in [5.74, 6) is -0.335. The van der Waals surface area contributed by atoms with E-state index in [9.17, 15) is 18.0 Å². The third kappa shape index (κ3) is 2.99. The van der Waals surface area contributed by atoms with Crippen molar-refractivity contribution in [1.29, 1.82) is 0 Å². The summed E-state index contributed by atoms with van der Waals surface area (Å²) >= 11 is 0. The molecule has 0 spiro atoms. The first-order valence-corrected chi connectivity index (χ1v) is 9.67. The summed E-state index contributed by atoms with van der Waals surface area (Å²) in [6.45, 7) is 1.18. The number of nitrogens with zero attached hydrogens (tertiary/aromatic N) is 4. The molecule has 30 heavy (non-hydrogen) atoms. The Morgan fingerprint density at radius 2 is 1.73 bits per heavy atom. The molecule has 0 unspecified atom stereocenters. The third-order valence-electron chi connectivity index (χ3n) is 5.45. The smallest absolute Gasteiger partial charge is 0.338 e. The van der Waals surface area contributed by atoms with E-state index in [4.69, 9.17) is 0 Å². The molecule has 0 aliphatic carbocycles. The van der Waals surface area contributed by atoms with Crippen LogP contribution in [0.2, 0.25) is 0 Å². The van der Waals surface area contributed by atoms with Gasteiger partial charge in [-0.15, -0.1) is 0 Å². The minimum Gasteiger partial charge on any atom is -0.338 e. The quantitative estimate of drug-likeness (QED) is 0.477. The van der Waals surface area contributed by atoms with Crippen molar-refractivity contribution < 1.29 is 18.0 Å². The van der Waals surface area contributed by atoms with Crippen LogP contribution in [0.3, 0.4) is 0 Å². The Kier molecular flexibility index (Phi) is 4.23. The van der Waals surface area contributed by atoms with Crippen LogP contribution in [0.1, 0.15) is 28.9 Å². The molecule has 0 atom stereocenters. The minimum absolute atomic E-state index is 0.0790. The molecule has 1 aliphatic rings. The minimum atomic E-state index is -4.65. The van der Waals surface area contributed by atoms with E-state index in [1.165, 1.54) is 6.20 Å². The summed E-state index contributed by atoms with van der Waals surface area (Å²) in [6.07, 6.45) is -1.70. The summed E-state index contributed by atoms with van der Waals surface area (Å²) in [5, 5.41) is 5.55. The van der Waals surface area contributed by atoms with Gasteiger partial charge in [-0.2, -0.15) is 18.3 Å². The van der Waals surface area contributed by atoms with Crippen molar-refractivity contribution in [3.05, 3.63) is 66.0 Å². The van der Waals surface area contributed by atoms with Gasteiger partial charge in [0.05, 0.1) is 11.9 Å². The van der Waals surface area contributed by atoms with E-state index in [0.717, 1.165) is 34.2 Å². The Balaban J connectivity index is 1.76. The van der Waals surface area contributed by atoms with E-state index in [0.29, 0.717) is 18.7 Å². The number of aromatic nitrogens is 3. The average molecular weight is 410 g/mol. The van der Waals surface area contributed by atoms with Gasteiger partial charge in [0.15, 0.2) is 11.3 Å². The highest BCUT2D eigenvalue weighted by Crippen LogP contribution is 2.35. The number of benzene rings is 2. The van der Waals surface area contributed by atoms with Crippen molar-refractivity contribution in [3.8, 4) is 11.3 Å². The number of alkyl halides is 3. The third-order valence-corrected chi connectivity index (χ3v) is 5.45. The number of carbonyl (C=O) groups is 1. The van der Waals surface area contributed by atoms with E-state index in [2.05, 4.69) is 10.1 Å². The fourth-order valence-electron chi connectivity index (χ4n) is 3.99. The van der Waals surface area contributed by atoms with Crippen LogP contribution in [0.4, 0.5) is 13.2 Å². The standard InChI is InChI=1S/C22H17F3N4O/c23-22(24,25)19-12-18(16-9-5-7-14-6-1-2-8-15(14)16)27-20-17(13-26-29(19)20)21(30)28-10-3-4-11-28/h1-2,5-9,12-13H,3-4,10-11H2. The molecule has 8 heteroatoms. The topological polar surface area (TPSA) is 50.5 Å². The highest BCUT2D eigenvalue weighted by molar-refractivity contribution is 6.01. The molecular formula is C22H17F3N4O. The first kappa shape index (κ1) is 18.6. The van der Waals surface area contributed by atoms with Gasteiger partial charge in [0.2, 0.25) is 0 Å². The fourth-order valence-corrected chi connectivity index (χ4v) is 3.99. The van der Waals surface area contributed by atoms with Crippen molar-refractivity contribution in [2.75, 3.05) is 13.1 Å². The van der Waals surface area contributed by atoms with Crippen LogP contribution < -0.4 is 0 Å². The van der Waals surface area contributed by atoms with Crippen LogP contribution >= 0.6 is 0 Å². The molecule has 1 fully saturated rings. The molecule has 1 aliphatic heterocycles. The predicted octanol–water partition coefficient (Wildman–Crippen LogP) is 4.80. The summed E-state index contributed by atoms with van der Waals surface area (Å²) in [6, 6.07) is 13.8. The molecule has 5 nitrogen and oxygen atoms in total. The molecule has 0 radical (unpaired) electrons. The Morgan fingerprint density at radius 3 is 2.50 bits per heavy atom. The first-order valence-electron chi connectivity index (χ1n) is 9.67. The highest BCUT2D eigenvalue weighted by Gasteiger charge is 2.36. The van der Waals surface area contributed by atoms with E-state index < -0.39 is 11.9 Å². The molecule has 152 valence electrons. The van der Waals surface area contributed by atoms with E-state index in [1.807, 2.05) is 30.3 Å². The zero-order valence-electron chi connectivity index (χ0n) is 15.9. The highest BCUT2D eigenvalue weighted by atomic mass is 19.4. The van der Waals surface area contributed by atoms with Crippen molar-refractivity contribution in [2.24, 2.45) is 0 Å². The molecule has 1 saturated heterocycles. The lowest BCUT2D eigenvalue weighted by molar-refractivity contribution is -0.142. The van der Waals surface area contributed by atoms with Gasteiger partial charge in [0.25, 0.3) is 5.91 Å². The zero-order valence-corrected chi connectivity index (χ0v) is 15.9. The maximum absolute atomic E-state index is 13.9. The van der Waals surface area contributed by atoms with Gasteiger partial charge < -0.3 is 4.90 Å². The Labute approximate surface area is 169 Å². The monoisotopic (exact) mass is 410 g/mol. The number of hydrogen-bond acceptors (Lipinski definition) is 3. The Hall–Kier alpha value is -3.42. The fraction of sp³-hybridized carbons (Fsp3) is 0.227. The lowest BCUT2D eigenvalue weighted by Crippen LogP contribution is -2.27. The largest absolute Gasteiger partial charge is 0.433 e. The van der Waals surface area contributed by atoms with Gasteiger partial charge in [0.1, 0.15) is 5.56 Å². The Morgan fingerprint density at radius 1 is 1.00 bits per heavy atom. The number of hydrogen-bond donors (Lipinski definition) is 0. The summed E-state index contributed by atoms with van der Waals surface area (Å²) < 4.78 is 42.3. The van der Waals surface area contributed by atoms with Crippen LogP contribution in [0.25, 0.3) is 27.7 Å². The number of halogens is 3. The molecule has 4 aromatic rings. The lowest BCUT2D eigenvalue weighted by Gasteiger charge is -2.15. The summed E-state index contributed by atoms with van der Waals surface area (Å²) in [5.41, 5.74) is -0.227. The first-order chi connectivity index (χ1) is 14.4. The average Bonchev–Trinajstić information content (AvgIpc) is 3.41. The van der Waals surface area contributed by atoms with Crippen molar-refractivity contribution in [3.63, 3.8) is 0 Å². The van der Waals surface area contributed by atoms with Gasteiger partial charge in [-0.3, -0.25) is 4.79 Å². The van der Waals surface area contributed by atoms with E-state index in [-0.39, 0.29) is 22.8 Å². The van der Waals surface area contributed by atoms with Gasteiger partial charge in [0, 0.05) is 18.7 Å². The van der Waals surface area contributed by atoms with Gasteiger partial charge in [-0.25, -0.2) is 9.50 Å². The van der Waals surface area contributed by atoms with Crippen LogP contribution in [0, 0.1) is 0 Å². The molecule has 1 amide bonds. The lowest BCUT2D eigenvalue weighted by atomic mass is 10.0.